The number of esters is 1. The van der Waals surface area contributed by atoms with Crippen LogP contribution in [0.25, 0.3) is 22.5 Å². The largest absolute Gasteiger partial charge is 0.507 e. The highest BCUT2D eigenvalue weighted by atomic mass is 16.5. The Bertz CT molecular complexity index is 953. The van der Waals surface area contributed by atoms with Crippen molar-refractivity contribution in [3.05, 3.63) is 66.5 Å². The third kappa shape index (κ3) is 5.66. The number of para-hydroxylation sites is 1. The fourth-order valence-electron chi connectivity index (χ4n) is 3.22. The number of rotatable bonds is 9. The molecule has 0 spiro atoms. The second-order valence-electron chi connectivity index (χ2n) is 7.59. The van der Waals surface area contributed by atoms with Gasteiger partial charge in [0.2, 0.25) is 0 Å². The molecular formula is C25H28N2O3. The van der Waals surface area contributed by atoms with E-state index in [0.29, 0.717) is 29.5 Å². The van der Waals surface area contributed by atoms with Crippen LogP contribution in [-0.4, -0.2) is 27.7 Å². The van der Waals surface area contributed by atoms with Gasteiger partial charge in [0.05, 0.1) is 12.2 Å². The molecule has 0 radical (unpaired) electrons. The smallest absolute Gasteiger partial charge is 0.338 e. The van der Waals surface area contributed by atoms with Crippen LogP contribution in [0.4, 0.5) is 0 Å². The maximum absolute atomic E-state index is 12.3. The molecular weight excluding hydrogens is 376 g/mol. The minimum atomic E-state index is -0.306. The molecule has 1 unspecified atom stereocenters. The molecule has 1 atom stereocenters. The Labute approximate surface area is 177 Å². The maximum Gasteiger partial charge on any atom is 0.338 e. The third-order valence-corrected chi connectivity index (χ3v) is 5.05. The number of carbonyl (C=O) groups excluding carboxylic acids is 1. The summed E-state index contributed by atoms with van der Waals surface area (Å²) in [6.45, 7) is 4.74. The van der Waals surface area contributed by atoms with Gasteiger partial charge in [-0.2, -0.15) is 0 Å². The van der Waals surface area contributed by atoms with Gasteiger partial charge in [-0.3, -0.25) is 0 Å². The number of ether oxygens (including phenoxy) is 1. The zero-order chi connectivity index (χ0) is 21.3. The Balaban J connectivity index is 1.60. The average Bonchev–Trinajstić information content (AvgIpc) is 2.78. The van der Waals surface area contributed by atoms with Crippen molar-refractivity contribution < 1.29 is 14.6 Å². The van der Waals surface area contributed by atoms with Crippen LogP contribution in [0.5, 0.6) is 5.75 Å². The van der Waals surface area contributed by atoms with Crippen molar-refractivity contribution in [1.82, 2.24) is 9.97 Å². The van der Waals surface area contributed by atoms with E-state index < -0.39 is 0 Å². The summed E-state index contributed by atoms with van der Waals surface area (Å²) in [6.07, 6.45) is 8.02. The number of phenolic OH excluding ortho intramolecular Hbond substituents is 1. The molecule has 0 aliphatic rings. The van der Waals surface area contributed by atoms with Gasteiger partial charge in [-0.25, -0.2) is 14.8 Å². The predicted octanol–water partition coefficient (Wildman–Crippen LogP) is 5.89. The fraction of sp³-hybridized carbons (Fsp3) is 0.320. The van der Waals surface area contributed by atoms with Crippen molar-refractivity contribution in [3.8, 4) is 28.3 Å². The Hall–Kier alpha value is -3.21. The van der Waals surface area contributed by atoms with Crippen LogP contribution < -0.4 is 0 Å². The molecule has 0 amide bonds. The van der Waals surface area contributed by atoms with Gasteiger partial charge in [-0.05, 0) is 30.5 Å². The molecule has 2 aromatic carbocycles. The van der Waals surface area contributed by atoms with Crippen LogP contribution in [0.2, 0.25) is 0 Å². The molecule has 30 heavy (non-hydrogen) atoms. The number of hydrogen-bond donors (Lipinski definition) is 1. The molecule has 0 fully saturated rings. The van der Waals surface area contributed by atoms with Gasteiger partial charge >= 0.3 is 5.97 Å². The molecule has 5 heteroatoms. The summed E-state index contributed by atoms with van der Waals surface area (Å²) in [5.74, 6) is 0.811. The fourth-order valence-corrected chi connectivity index (χ4v) is 3.22. The van der Waals surface area contributed by atoms with E-state index in [1.807, 2.05) is 24.3 Å². The lowest BCUT2D eigenvalue weighted by Gasteiger charge is -2.12. The van der Waals surface area contributed by atoms with Crippen molar-refractivity contribution in [2.24, 2.45) is 5.92 Å². The number of nitrogens with zero attached hydrogens (tertiary/aromatic N) is 2. The number of aromatic nitrogens is 2. The number of benzene rings is 2. The Morgan fingerprint density at radius 2 is 1.70 bits per heavy atom. The summed E-state index contributed by atoms with van der Waals surface area (Å²) < 4.78 is 5.45. The topological polar surface area (TPSA) is 72.3 Å². The molecule has 1 aromatic heterocycles. The highest BCUT2D eigenvalue weighted by Gasteiger charge is 2.11. The van der Waals surface area contributed by atoms with E-state index in [-0.39, 0.29) is 11.7 Å². The zero-order valence-electron chi connectivity index (χ0n) is 17.5. The first-order valence-electron chi connectivity index (χ1n) is 10.5. The van der Waals surface area contributed by atoms with Gasteiger partial charge < -0.3 is 9.84 Å². The van der Waals surface area contributed by atoms with Crippen LogP contribution in [-0.2, 0) is 4.74 Å². The quantitative estimate of drug-likeness (QED) is 0.356. The molecule has 0 bridgehead atoms. The van der Waals surface area contributed by atoms with Gasteiger partial charge in [0.25, 0.3) is 0 Å². The zero-order valence-corrected chi connectivity index (χ0v) is 17.5. The lowest BCUT2D eigenvalue weighted by Crippen LogP contribution is -2.12. The first-order valence-corrected chi connectivity index (χ1v) is 10.5. The third-order valence-electron chi connectivity index (χ3n) is 5.05. The number of aromatic hydroxyl groups is 1. The molecule has 3 aromatic rings. The highest BCUT2D eigenvalue weighted by Crippen LogP contribution is 2.28. The molecule has 3 rings (SSSR count). The number of unbranched alkanes of at least 4 members (excludes halogenated alkanes) is 2. The van der Waals surface area contributed by atoms with Crippen molar-refractivity contribution in [1.29, 1.82) is 0 Å². The number of carbonyl (C=O) groups is 1. The molecule has 156 valence electrons. The predicted molar refractivity (Wildman–Crippen MR) is 118 cm³/mol. The second-order valence-corrected chi connectivity index (χ2v) is 7.59. The van der Waals surface area contributed by atoms with Gasteiger partial charge in [0.1, 0.15) is 5.75 Å². The average molecular weight is 405 g/mol. The van der Waals surface area contributed by atoms with E-state index in [2.05, 4.69) is 23.8 Å². The number of hydrogen-bond acceptors (Lipinski definition) is 5. The van der Waals surface area contributed by atoms with Crippen LogP contribution >= 0.6 is 0 Å². The standard InChI is InChI=1S/C25H28N2O3/c1-3-4-5-8-18(2)17-30-25(29)20-13-11-19(12-14-20)24-26-15-21(16-27-24)22-9-6-7-10-23(22)28/h6-7,9-16,18,28H,3-5,8,17H2,1-2H3. The summed E-state index contributed by atoms with van der Waals surface area (Å²) in [6, 6.07) is 14.2. The summed E-state index contributed by atoms with van der Waals surface area (Å²) in [5.41, 5.74) is 2.75. The SMILES string of the molecule is CCCCCC(C)COC(=O)c1ccc(-c2ncc(-c3ccccc3O)cn2)cc1. The van der Waals surface area contributed by atoms with Crippen molar-refractivity contribution in [3.63, 3.8) is 0 Å². The molecule has 1 heterocycles. The van der Waals surface area contributed by atoms with Crippen molar-refractivity contribution in [2.45, 2.75) is 39.5 Å². The van der Waals surface area contributed by atoms with E-state index in [4.69, 9.17) is 4.74 Å². The first-order chi connectivity index (χ1) is 14.6. The van der Waals surface area contributed by atoms with E-state index in [0.717, 1.165) is 17.5 Å². The minimum Gasteiger partial charge on any atom is -0.507 e. The normalized spacial score (nSPS) is 11.8. The van der Waals surface area contributed by atoms with Gasteiger partial charge in [0, 0.05) is 29.1 Å². The van der Waals surface area contributed by atoms with Crippen LogP contribution in [0, 0.1) is 5.92 Å². The molecule has 0 saturated carbocycles. The first kappa shape index (κ1) is 21.5. The summed E-state index contributed by atoms with van der Waals surface area (Å²) in [4.78, 5) is 21.1. The summed E-state index contributed by atoms with van der Waals surface area (Å²) >= 11 is 0. The van der Waals surface area contributed by atoms with Gasteiger partial charge in [0.15, 0.2) is 5.82 Å². The lowest BCUT2D eigenvalue weighted by atomic mass is 10.0. The Morgan fingerprint density at radius 3 is 2.37 bits per heavy atom. The van der Waals surface area contributed by atoms with Crippen molar-refractivity contribution in [2.75, 3.05) is 6.61 Å². The van der Waals surface area contributed by atoms with Crippen LogP contribution in [0.15, 0.2) is 60.9 Å². The van der Waals surface area contributed by atoms with E-state index >= 15 is 0 Å². The van der Waals surface area contributed by atoms with Crippen LogP contribution in [0.1, 0.15) is 49.9 Å². The monoisotopic (exact) mass is 404 g/mol. The summed E-state index contributed by atoms with van der Waals surface area (Å²) in [5, 5.41) is 9.97. The second kappa shape index (κ2) is 10.5. The molecule has 1 N–H and O–H groups in total. The van der Waals surface area contributed by atoms with E-state index in [1.165, 1.54) is 19.3 Å². The van der Waals surface area contributed by atoms with Crippen LogP contribution in [0.3, 0.4) is 0 Å². The molecule has 0 aliphatic heterocycles. The lowest BCUT2D eigenvalue weighted by molar-refractivity contribution is 0.0442. The molecule has 0 aliphatic carbocycles. The summed E-state index contributed by atoms with van der Waals surface area (Å²) in [7, 11) is 0. The molecule has 0 saturated heterocycles. The van der Waals surface area contributed by atoms with Crippen molar-refractivity contribution >= 4 is 5.97 Å². The Kier molecular flexibility index (Phi) is 7.55. The van der Waals surface area contributed by atoms with Gasteiger partial charge in [-0.15, -0.1) is 0 Å². The minimum absolute atomic E-state index is 0.191. The van der Waals surface area contributed by atoms with Gasteiger partial charge in [-0.1, -0.05) is 63.4 Å². The highest BCUT2D eigenvalue weighted by molar-refractivity contribution is 5.89. The van der Waals surface area contributed by atoms with E-state index in [9.17, 15) is 9.90 Å². The maximum atomic E-state index is 12.3. The van der Waals surface area contributed by atoms with E-state index in [1.54, 1.807) is 36.7 Å². The number of phenols is 1. The Morgan fingerprint density at radius 1 is 1.00 bits per heavy atom. The molecule has 5 nitrogen and oxygen atoms in total.